The fraction of sp³-hybridized carbons (Fsp3) is 0.333. The lowest BCUT2D eigenvalue weighted by molar-refractivity contribution is -0.139. The van der Waals surface area contributed by atoms with Gasteiger partial charge in [0.25, 0.3) is 5.91 Å². The molecule has 0 heterocycles. The van der Waals surface area contributed by atoms with Gasteiger partial charge in [-0.25, -0.2) is 5.01 Å². The summed E-state index contributed by atoms with van der Waals surface area (Å²) in [5, 5.41) is 1.99. The summed E-state index contributed by atoms with van der Waals surface area (Å²) >= 11 is 5.86. The molecule has 0 spiro atoms. The molecule has 0 bridgehead atoms. The molecule has 0 fully saturated rings. The first kappa shape index (κ1) is 20.0. The van der Waals surface area contributed by atoms with Crippen molar-refractivity contribution in [2.75, 3.05) is 0 Å². The van der Waals surface area contributed by atoms with Gasteiger partial charge in [-0.2, -0.15) is 0 Å². The van der Waals surface area contributed by atoms with Crippen LogP contribution in [0.1, 0.15) is 49.5 Å². The number of hydrogen-bond acceptors (Lipinski definition) is 2. The third-order valence-corrected chi connectivity index (χ3v) is 4.19. The van der Waals surface area contributed by atoms with Crippen LogP contribution < -0.4 is 5.43 Å². The van der Waals surface area contributed by atoms with Crippen LogP contribution in [0.25, 0.3) is 0 Å². The van der Waals surface area contributed by atoms with E-state index in [0.29, 0.717) is 17.0 Å². The fourth-order valence-corrected chi connectivity index (χ4v) is 2.70. The minimum atomic E-state index is -0.522. The number of nitrogens with zero attached hydrogens (tertiary/aromatic N) is 1. The maximum absolute atomic E-state index is 12.7. The molecule has 0 atom stereocenters. The minimum Gasteiger partial charge on any atom is -0.273 e. The van der Waals surface area contributed by atoms with Crippen LogP contribution in [0.2, 0.25) is 5.02 Å². The molecule has 1 N–H and O–H groups in total. The number of amides is 2. The fourth-order valence-electron chi connectivity index (χ4n) is 2.57. The molecule has 0 saturated heterocycles. The smallest absolute Gasteiger partial charge is 0.269 e. The highest BCUT2D eigenvalue weighted by atomic mass is 35.5. The Labute approximate surface area is 160 Å². The number of carbonyl (C=O) groups excluding carboxylic acids is 2. The number of rotatable bonds is 5. The van der Waals surface area contributed by atoms with Crippen LogP contribution in [-0.2, 0) is 11.2 Å². The summed E-state index contributed by atoms with van der Waals surface area (Å²) < 4.78 is 0. The van der Waals surface area contributed by atoms with Crippen LogP contribution in [0, 0.1) is 0 Å². The van der Waals surface area contributed by atoms with Crippen LogP contribution in [0.4, 0.5) is 0 Å². The Bertz CT molecular complexity index is 737. The van der Waals surface area contributed by atoms with E-state index in [1.54, 1.807) is 24.3 Å². The Hall–Kier alpha value is -2.33. The summed E-state index contributed by atoms with van der Waals surface area (Å²) in [5.41, 5.74) is 3.88. The summed E-state index contributed by atoms with van der Waals surface area (Å²) in [4.78, 5) is 25.2. The molecule has 0 aliphatic rings. The molecule has 0 radical (unpaired) electrons. The lowest BCUT2D eigenvalue weighted by Crippen LogP contribution is -2.55. The Morgan fingerprint density at radius 1 is 1.00 bits per heavy atom. The van der Waals surface area contributed by atoms with Crippen molar-refractivity contribution < 1.29 is 9.59 Å². The van der Waals surface area contributed by atoms with E-state index in [-0.39, 0.29) is 11.8 Å². The summed E-state index contributed by atoms with van der Waals surface area (Å²) in [6, 6.07) is 16.6. The maximum atomic E-state index is 12.7. The van der Waals surface area contributed by atoms with E-state index in [1.165, 1.54) is 10.6 Å². The molecular weight excluding hydrogens is 348 g/mol. The SMILES string of the molecule is CC(C)(C)N(NC(=O)c1ccc(Cl)cc1)C(=O)CCCc1ccccc1. The Kier molecular flexibility index (Phi) is 6.81. The van der Waals surface area contributed by atoms with Gasteiger partial charge in [0.1, 0.15) is 0 Å². The minimum absolute atomic E-state index is 0.101. The van der Waals surface area contributed by atoms with Crippen LogP contribution in [0.5, 0.6) is 0 Å². The van der Waals surface area contributed by atoms with Gasteiger partial charge in [0, 0.05) is 17.0 Å². The molecule has 2 aromatic carbocycles. The zero-order chi connectivity index (χ0) is 19.2. The topological polar surface area (TPSA) is 49.4 Å². The van der Waals surface area contributed by atoms with Crippen molar-refractivity contribution in [3.8, 4) is 0 Å². The van der Waals surface area contributed by atoms with Crippen LogP contribution in [-0.4, -0.2) is 22.4 Å². The quantitative estimate of drug-likeness (QED) is 0.777. The van der Waals surface area contributed by atoms with E-state index in [2.05, 4.69) is 5.43 Å². The second-order valence-electron chi connectivity index (χ2n) is 7.19. The molecule has 0 aliphatic carbocycles. The molecule has 5 heteroatoms. The van der Waals surface area contributed by atoms with E-state index in [0.717, 1.165) is 12.8 Å². The van der Waals surface area contributed by atoms with Gasteiger partial charge in [-0.3, -0.25) is 15.0 Å². The van der Waals surface area contributed by atoms with E-state index in [4.69, 9.17) is 11.6 Å². The zero-order valence-electron chi connectivity index (χ0n) is 15.5. The van der Waals surface area contributed by atoms with Gasteiger partial charge < -0.3 is 0 Å². The van der Waals surface area contributed by atoms with Gasteiger partial charge >= 0.3 is 0 Å². The van der Waals surface area contributed by atoms with Gasteiger partial charge in [0.2, 0.25) is 5.91 Å². The highest BCUT2D eigenvalue weighted by Crippen LogP contribution is 2.16. The van der Waals surface area contributed by atoms with Crippen molar-refractivity contribution in [2.45, 2.75) is 45.6 Å². The maximum Gasteiger partial charge on any atom is 0.269 e. The molecule has 0 aromatic heterocycles. The largest absolute Gasteiger partial charge is 0.273 e. The third-order valence-electron chi connectivity index (χ3n) is 3.94. The lowest BCUT2D eigenvalue weighted by Gasteiger charge is -2.35. The Balaban J connectivity index is 1.98. The van der Waals surface area contributed by atoms with Crippen molar-refractivity contribution in [1.29, 1.82) is 0 Å². The first-order valence-electron chi connectivity index (χ1n) is 8.71. The van der Waals surface area contributed by atoms with Crippen LogP contribution in [0.15, 0.2) is 54.6 Å². The number of benzene rings is 2. The molecule has 2 rings (SSSR count). The molecule has 0 aliphatic heterocycles. The van der Waals surface area contributed by atoms with Gasteiger partial charge in [0.05, 0.1) is 5.54 Å². The molecule has 2 aromatic rings. The van der Waals surface area contributed by atoms with E-state index in [1.807, 2.05) is 51.1 Å². The van der Waals surface area contributed by atoms with Crippen molar-refractivity contribution in [3.05, 3.63) is 70.7 Å². The highest BCUT2D eigenvalue weighted by molar-refractivity contribution is 6.30. The van der Waals surface area contributed by atoms with Gasteiger partial charge in [-0.1, -0.05) is 41.9 Å². The number of carbonyl (C=O) groups is 2. The molecule has 26 heavy (non-hydrogen) atoms. The number of nitrogens with one attached hydrogen (secondary N) is 1. The van der Waals surface area contributed by atoms with Crippen LogP contribution >= 0.6 is 11.6 Å². The first-order valence-corrected chi connectivity index (χ1v) is 9.09. The Morgan fingerprint density at radius 2 is 1.62 bits per heavy atom. The van der Waals surface area contributed by atoms with E-state index < -0.39 is 5.54 Å². The van der Waals surface area contributed by atoms with Crippen molar-refractivity contribution in [3.63, 3.8) is 0 Å². The van der Waals surface area contributed by atoms with E-state index >= 15 is 0 Å². The summed E-state index contributed by atoms with van der Waals surface area (Å²) in [6.45, 7) is 5.68. The highest BCUT2D eigenvalue weighted by Gasteiger charge is 2.28. The number of hydrogen-bond donors (Lipinski definition) is 1. The molecule has 138 valence electrons. The first-order chi connectivity index (χ1) is 12.3. The Morgan fingerprint density at radius 3 is 2.19 bits per heavy atom. The number of hydrazine groups is 1. The monoisotopic (exact) mass is 372 g/mol. The predicted octanol–water partition coefficient (Wildman–Crippen LogP) is 4.63. The molecule has 4 nitrogen and oxygen atoms in total. The molecule has 2 amide bonds. The third kappa shape index (κ3) is 5.88. The standard InChI is InChI=1S/C21H25ClN2O2/c1-21(2,3)24(23-20(26)17-12-14-18(22)15-13-17)19(25)11-7-10-16-8-5-4-6-9-16/h4-6,8-9,12-15H,7,10-11H2,1-3H3,(H,23,26). The van der Waals surface area contributed by atoms with Crippen molar-refractivity contribution >= 4 is 23.4 Å². The summed E-state index contributed by atoms with van der Waals surface area (Å²) in [7, 11) is 0. The predicted molar refractivity (Wildman–Crippen MR) is 105 cm³/mol. The molecular formula is C21H25ClN2O2. The van der Waals surface area contributed by atoms with Crippen molar-refractivity contribution in [1.82, 2.24) is 10.4 Å². The van der Waals surface area contributed by atoms with E-state index in [9.17, 15) is 9.59 Å². The lowest BCUT2D eigenvalue weighted by atomic mass is 10.1. The summed E-state index contributed by atoms with van der Waals surface area (Å²) in [6.07, 6.45) is 1.93. The summed E-state index contributed by atoms with van der Waals surface area (Å²) in [5.74, 6) is -0.427. The molecule has 0 saturated carbocycles. The number of aryl methyl sites for hydroxylation is 1. The average Bonchev–Trinajstić information content (AvgIpc) is 2.60. The van der Waals surface area contributed by atoms with Crippen molar-refractivity contribution in [2.24, 2.45) is 0 Å². The zero-order valence-corrected chi connectivity index (χ0v) is 16.2. The van der Waals surface area contributed by atoms with Crippen LogP contribution in [0.3, 0.4) is 0 Å². The molecule has 0 unspecified atom stereocenters. The van der Waals surface area contributed by atoms with Gasteiger partial charge in [-0.15, -0.1) is 0 Å². The van der Waals surface area contributed by atoms with Gasteiger partial charge in [-0.05, 0) is 63.4 Å². The average molecular weight is 373 g/mol. The number of halogens is 1. The van der Waals surface area contributed by atoms with Gasteiger partial charge in [0.15, 0.2) is 0 Å². The normalized spacial score (nSPS) is 11.1. The second kappa shape index (κ2) is 8.86. The second-order valence-corrected chi connectivity index (χ2v) is 7.62.